The minimum absolute atomic E-state index is 0.330. The summed E-state index contributed by atoms with van der Waals surface area (Å²) in [5.74, 6) is -0.911. The van der Waals surface area contributed by atoms with Crippen molar-refractivity contribution in [1.82, 2.24) is 0 Å². The largest absolute Gasteiger partial charge is 0.293 e. The lowest BCUT2D eigenvalue weighted by molar-refractivity contribution is 0.102. The van der Waals surface area contributed by atoms with Crippen LogP contribution in [0.4, 0.5) is 0 Å². The predicted molar refractivity (Wildman–Crippen MR) is 60.2 cm³/mol. The van der Waals surface area contributed by atoms with Crippen LogP contribution in [-0.2, 0) is 9.84 Å². The zero-order valence-corrected chi connectivity index (χ0v) is 10.0. The van der Waals surface area contributed by atoms with E-state index >= 15 is 0 Å². The number of carbonyl (C=O) groups excluding carboxylic acids is 1. The van der Waals surface area contributed by atoms with Crippen LogP contribution < -0.4 is 0 Å². The Morgan fingerprint density at radius 3 is 2.47 bits per heavy atom. The van der Waals surface area contributed by atoms with Crippen molar-refractivity contribution in [3.8, 4) is 0 Å². The summed E-state index contributed by atoms with van der Waals surface area (Å²) in [6.07, 6.45) is 1.03. The lowest BCUT2D eigenvalue weighted by atomic mass is 10.1. The molecule has 0 aliphatic heterocycles. The molecule has 3 nitrogen and oxygen atoms in total. The van der Waals surface area contributed by atoms with Crippen LogP contribution in [0.3, 0.4) is 0 Å². The second kappa shape index (κ2) is 4.33. The number of Topliss-reactive ketones (excluding diaryl/α,β-unsaturated/α-hetero) is 1. The van der Waals surface area contributed by atoms with Gasteiger partial charge in [0, 0.05) is 16.8 Å². The maximum absolute atomic E-state index is 11.5. The molecule has 1 aromatic rings. The van der Waals surface area contributed by atoms with Crippen molar-refractivity contribution in [2.45, 2.75) is 6.92 Å². The minimum atomic E-state index is -3.29. The van der Waals surface area contributed by atoms with E-state index in [1.165, 1.54) is 6.07 Å². The van der Waals surface area contributed by atoms with E-state index in [1.54, 1.807) is 12.1 Å². The molecule has 1 aromatic carbocycles. The van der Waals surface area contributed by atoms with Gasteiger partial charge in [-0.1, -0.05) is 23.7 Å². The molecule has 1 rings (SSSR count). The van der Waals surface area contributed by atoms with E-state index in [1.807, 2.05) is 6.92 Å². The zero-order valence-electron chi connectivity index (χ0n) is 8.45. The SMILES string of the molecule is Cc1ccc(C(=O)CS(C)(=O)=O)cc1Cl. The van der Waals surface area contributed by atoms with Crippen LogP contribution in [0.2, 0.25) is 5.02 Å². The first-order valence-corrected chi connectivity index (χ1v) is 6.70. The summed E-state index contributed by atoms with van der Waals surface area (Å²) >= 11 is 5.83. The molecule has 0 aromatic heterocycles. The van der Waals surface area contributed by atoms with E-state index in [2.05, 4.69) is 0 Å². The van der Waals surface area contributed by atoms with Gasteiger partial charge in [-0.25, -0.2) is 8.42 Å². The lowest BCUT2D eigenvalue weighted by Crippen LogP contribution is -2.14. The van der Waals surface area contributed by atoms with Crippen molar-refractivity contribution >= 4 is 27.2 Å². The first-order valence-electron chi connectivity index (χ1n) is 4.26. The average Bonchev–Trinajstić information content (AvgIpc) is 2.06. The number of rotatable bonds is 3. The topological polar surface area (TPSA) is 51.2 Å². The van der Waals surface area contributed by atoms with E-state index < -0.39 is 21.4 Å². The number of hydrogen-bond acceptors (Lipinski definition) is 3. The smallest absolute Gasteiger partial charge is 0.177 e. The molecular weight excluding hydrogens is 236 g/mol. The van der Waals surface area contributed by atoms with Crippen molar-refractivity contribution in [2.24, 2.45) is 0 Å². The van der Waals surface area contributed by atoms with Gasteiger partial charge in [-0.3, -0.25) is 4.79 Å². The van der Waals surface area contributed by atoms with Gasteiger partial charge in [0.15, 0.2) is 15.6 Å². The van der Waals surface area contributed by atoms with Crippen LogP contribution in [0.1, 0.15) is 15.9 Å². The van der Waals surface area contributed by atoms with E-state index in [0.29, 0.717) is 10.6 Å². The number of ketones is 1. The number of carbonyl (C=O) groups is 1. The fourth-order valence-corrected chi connectivity index (χ4v) is 1.91. The van der Waals surface area contributed by atoms with Crippen LogP contribution in [0.25, 0.3) is 0 Å². The number of benzene rings is 1. The van der Waals surface area contributed by atoms with E-state index in [0.717, 1.165) is 11.8 Å². The molecule has 0 unspecified atom stereocenters. The van der Waals surface area contributed by atoms with Crippen LogP contribution in [0, 0.1) is 6.92 Å². The molecular formula is C10H11ClO3S. The van der Waals surface area contributed by atoms with Gasteiger partial charge in [0.1, 0.15) is 5.75 Å². The Balaban J connectivity index is 2.98. The molecule has 0 fully saturated rings. The molecule has 0 heterocycles. The highest BCUT2D eigenvalue weighted by Gasteiger charge is 2.13. The number of hydrogen-bond donors (Lipinski definition) is 0. The quantitative estimate of drug-likeness (QED) is 0.766. The predicted octanol–water partition coefficient (Wildman–Crippen LogP) is 1.88. The Morgan fingerprint density at radius 2 is 2.00 bits per heavy atom. The Kier molecular flexibility index (Phi) is 3.52. The second-order valence-electron chi connectivity index (χ2n) is 3.46. The zero-order chi connectivity index (χ0) is 11.6. The molecule has 0 aliphatic rings. The molecule has 15 heavy (non-hydrogen) atoms. The van der Waals surface area contributed by atoms with Gasteiger partial charge >= 0.3 is 0 Å². The standard InChI is InChI=1S/C10H11ClO3S/c1-7-3-4-8(5-9(7)11)10(12)6-15(2,13)14/h3-5H,6H2,1-2H3. The second-order valence-corrected chi connectivity index (χ2v) is 6.00. The van der Waals surface area contributed by atoms with Crippen molar-refractivity contribution < 1.29 is 13.2 Å². The van der Waals surface area contributed by atoms with Crippen molar-refractivity contribution in [3.63, 3.8) is 0 Å². The molecule has 0 atom stereocenters. The summed E-state index contributed by atoms with van der Waals surface area (Å²) in [6.45, 7) is 1.81. The van der Waals surface area contributed by atoms with Gasteiger partial charge in [-0.05, 0) is 18.6 Å². The summed E-state index contributed by atoms with van der Waals surface area (Å²) < 4.78 is 21.8. The third kappa shape index (κ3) is 3.64. The summed E-state index contributed by atoms with van der Waals surface area (Å²) in [5, 5.41) is 0.467. The van der Waals surface area contributed by atoms with Gasteiger partial charge in [0.2, 0.25) is 0 Å². The highest BCUT2D eigenvalue weighted by Crippen LogP contribution is 2.17. The van der Waals surface area contributed by atoms with E-state index in [-0.39, 0.29) is 0 Å². The van der Waals surface area contributed by atoms with Crippen LogP contribution in [-0.4, -0.2) is 26.2 Å². The molecule has 0 radical (unpaired) electrons. The Bertz CT molecular complexity index is 491. The Labute approximate surface area is 94.0 Å². The number of aryl methyl sites for hydroxylation is 1. The molecule has 0 spiro atoms. The third-order valence-corrected chi connectivity index (χ3v) is 3.08. The van der Waals surface area contributed by atoms with Crippen LogP contribution >= 0.6 is 11.6 Å². The fourth-order valence-electron chi connectivity index (χ4n) is 1.09. The Hall–Kier alpha value is -0.870. The molecule has 0 saturated heterocycles. The summed E-state index contributed by atoms with van der Waals surface area (Å²) in [6, 6.07) is 4.76. The molecule has 0 N–H and O–H groups in total. The average molecular weight is 247 g/mol. The highest BCUT2D eigenvalue weighted by molar-refractivity contribution is 7.91. The highest BCUT2D eigenvalue weighted by atomic mass is 35.5. The van der Waals surface area contributed by atoms with Crippen molar-refractivity contribution in [3.05, 3.63) is 34.3 Å². The maximum atomic E-state index is 11.5. The van der Waals surface area contributed by atoms with Crippen LogP contribution in [0.15, 0.2) is 18.2 Å². The third-order valence-electron chi connectivity index (χ3n) is 1.89. The molecule has 5 heteroatoms. The number of halogens is 1. The number of sulfone groups is 1. The van der Waals surface area contributed by atoms with Crippen molar-refractivity contribution in [1.29, 1.82) is 0 Å². The summed E-state index contributed by atoms with van der Waals surface area (Å²) in [5.41, 5.74) is 1.18. The maximum Gasteiger partial charge on any atom is 0.177 e. The lowest BCUT2D eigenvalue weighted by Gasteiger charge is -2.02. The molecule has 0 saturated carbocycles. The molecule has 0 bridgehead atoms. The summed E-state index contributed by atoms with van der Waals surface area (Å²) in [7, 11) is -3.29. The van der Waals surface area contributed by atoms with Gasteiger partial charge in [-0.15, -0.1) is 0 Å². The fraction of sp³-hybridized carbons (Fsp3) is 0.300. The molecule has 82 valence electrons. The summed E-state index contributed by atoms with van der Waals surface area (Å²) in [4.78, 5) is 11.5. The van der Waals surface area contributed by atoms with Gasteiger partial charge < -0.3 is 0 Å². The van der Waals surface area contributed by atoms with Gasteiger partial charge in [0.25, 0.3) is 0 Å². The van der Waals surface area contributed by atoms with Gasteiger partial charge in [0.05, 0.1) is 0 Å². The monoisotopic (exact) mass is 246 g/mol. The van der Waals surface area contributed by atoms with Crippen LogP contribution in [0.5, 0.6) is 0 Å². The normalized spacial score (nSPS) is 11.4. The first-order chi connectivity index (χ1) is 6.79. The molecule has 0 amide bonds. The van der Waals surface area contributed by atoms with Crippen molar-refractivity contribution in [2.75, 3.05) is 12.0 Å². The first kappa shape index (κ1) is 12.2. The van der Waals surface area contributed by atoms with E-state index in [4.69, 9.17) is 11.6 Å². The molecule has 0 aliphatic carbocycles. The minimum Gasteiger partial charge on any atom is -0.293 e. The Morgan fingerprint density at radius 1 is 1.40 bits per heavy atom. The van der Waals surface area contributed by atoms with E-state index in [9.17, 15) is 13.2 Å². The van der Waals surface area contributed by atoms with Gasteiger partial charge in [-0.2, -0.15) is 0 Å².